The number of nitriles is 1. The van der Waals surface area contributed by atoms with Crippen LogP contribution in [-0.4, -0.2) is 0 Å². The first kappa shape index (κ1) is 18.7. The fourth-order valence-corrected chi connectivity index (χ4v) is 4.15. The monoisotopic (exact) mass is 406 g/mol. The number of fused-ring (bicyclic) bond motifs is 3. The van der Waals surface area contributed by atoms with Crippen LogP contribution in [0.15, 0.2) is 93.5 Å². The van der Waals surface area contributed by atoms with Crippen molar-refractivity contribution < 1.29 is 9.15 Å². The van der Waals surface area contributed by atoms with Crippen LogP contribution in [0.2, 0.25) is 0 Å². The van der Waals surface area contributed by atoms with Crippen molar-refractivity contribution in [2.75, 3.05) is 0 Å². The van der Waals surface area contributed by atoms with Crippen LogP contribution in [0.25, 0.3) is 22.1 Å². The largest absolute Gasteiger partial charge is 0.439 e. The Morgan fingerprint density at radius 2 is 1.68 bits per heavy atom. The summed E-state index contributed by atoms with van der Waals surface area (Å²) in [6.07, 6.45) is 0. The van der Waals surface area contributed by atoms with E-state index in [9.17, 15) is 10.1 Å². The lowest BCUT2D eigenvalue weighted by Gasteiger charge is -2.26. The lowest BCUT2D eigenvalue weighted by atomic mass is 9.83. The van der Waals surface area contributed by atoms with Gasteiger partial charge in [0.15, 0.2) is 5.75 Å². The molecule has 4 aromatic rings. The highest BCUT2D eigenvalue weighted by atomic mass is 16.5. The third kappa shape index (κ3) is 2.97. The molecule has 5 rings (SSSR count). The van der Waals surface area contributed by atoms with Crippen LogP contribution < -0.4 is 16.1 Å². The number of hydrogen-bond donors (Lipinski definition) is 1. The van der Waals surface area contributed by atoms with Crippen molar-refractivity contribution in [3.63, 3.8) is 0 Å². The topological polar surface area (TPSA) is 89.3 Å². The molecule has 5 heteroatoms. The molecule has 1 aromatic heterocycles. The third-order valence-electron chi connectivity index (χ3n) is 5.67. The van der Waals surface area contributed by atoms with Gasteiger partial charge >= 0.3 is 5.63 Å². The fourth-order valence-electron chi connectivity index (χ4n) is 4.15. The maximum absolute atomic E-state index is 12.9. The summed E-state index contributed by atoms with van der Waals surface area (Å²) in [6, 6.07) is 25.2. The Morgan fingerprint density at radius 3 is 2.42 bits per heavy atom. The van der Waals surface area contributed by atoms with Crippen LogP contribution in [0, 0.1) is 18.3 Å². The number of allylic oxidation sites excluding steroid dienone is 1. The summed E-state index contributed by atoms with van der Waals surface area (Å²) in [5.74, 6) is -0.324. The third-order valence-corrected chi connectivity index (χ3v) is 5.67. The second kappa shape index (κ2) is 7.19. The normalized spacial score (nSPS) is 15.3. The number of para-hydroxylation sites is 1. The zero-order valence-corrected chi connectivity index (χ0v) is 16.8. The van der Waals surface area contributed by atoms with E-state index in [1.807, 2.05) is 42.5 Å². The number of aryl methyl sites for hydroxylation is 1. The molecular formula is C26H18N2O3. The van der Waals surface area contributed by atoms with Crippen molar-refractivity contribution in [3.05, 3.63) is 111 Å². The summed E-state index contributed by atoms with van der Waals surface area (Å²) >= 11 is 0. The number of nitrogens with two attached hydrogens (primary N) is 1. The maximum Gasteiger partial charge on any atom is 0.344 e. The number of benzene rings is 3. The molecule has 2 N–H and O–H groups in total. The smallest absolute Gasteiger partial charge is 0.344 e. The SMILES string of the molecule is Cc1ccccc1-c1ccc(C2C(C#N)=C(N)Oc3c2c(=O)oc2ccccc32)cc1. The van der Waals surface area contributed by atoms with Crippen molar-refractivity contribution in [2.24, 2.45) is 5.73 Å². The molecule has 0 fully saturated rings. The van der Waals surface area contributed by atoms with Gasteiger partial charge in [-0.05, 0) is 41.3 Å². The minimum absolute atomic E-state index is 0.00117. The van der Waals surface area contributed by atoms with E-state index in [4.69, 9.17) is 14.9 Å². The highest BCUT2D eigenvalue weighted by Gasteiger charge is 2.35. The van der Waals surface area contributed by atoms with E-state index in [0.717, 1.165) is 16.7 Å². The predicted octanol–water partition coefficient (Wildman–Crippen LogP) is 4.99. The van der Waals surface area contributed by atoms with Gasteiger partial charge < -0.3 is 14.9 Å². The zero-order valence-electron chi connectivity index (χ0n) is 16.8. The first-order valence-electron chi connectivity index (χ1n) is 9.87. The Kier molecular flexibility index (Phi) is 4.34. The van der Waals surface area contributed by atoms with Crippen LogP contribution >= 0.6 is 0 Å². The highest BCUT2D eigenvalue weighted by Crippen LogP contribution is 2.43. The second-order valence-corrected chi connectivity index (χ2v) is 7.49. The molecule has 1 unspecified atom stereocenters. The van der Waals surface area contributed by atoms with Crippen LogP contribution in [0.5, 0.6) is 5.75 Å². The molecule has 0 aliphatic carbocycles. The maximum atomic E-state index is 12.9. The molecule has 0 saturated carbocycles. The number of nitrogens with zero attached hydrogens (tertiary/aromatic N) is 1. The molecule has 150 valence electrons. The molecule has 1 atom stereocenters. The molecule has 31 heavy (non-hydrogen) atoms. The van der Waals surface area contributed by atoms with Crippen LogP contribution in [0.1, 0.15) is 22.6 Å². The van der Waals surface area contributed by atoms with Crippen LogP contribution in [0.4, 0.5) is 0 Å². The Labute approximate surface area is 178 Å². The molecule has 2 heterocycles. The summed E-state index contributed by atoms with van der Waals surface area (Å²) < 4.78 is 11.3. The Balaban J connectivity index is 1.71. The molecule has 0 saturated heterocycles. The standard InChI is InChI=1S/C26H18N2O3/c1-15-6-2-3-7-18(15)16-10-12-17(13-11-16)22-20(14-27)25(28)31-24-19-8-4-5-9-21(19)30-26(29)23(22)24/h2-13,22H,28H2,1H3. The van der Waals surface area contributed by atoms with Gasteiger partial charge in [0.25, 0.3) is 0 Å². The first-order valence-corrected chi connectivity index (χ1v) is 9.87. The average molecular weight is 406 g/mol. The van der Waals surface area contributed by atoms with Gasteiger partial charge in [-0.1, -0.05) is 60.7 Å². The Hall–Kier alpha value is -4.30. The van der Waals surface area contributed by atoms with Gasteiger partial charge in [-0.25, -0.2) is 4.79 Å². The minimum atomic E-state index is -0.666. The van der Waals surface area contributed by atoms with E-state index in [0.29, 0.717) is 16.7 Å². The predicted molar refractivity (Wildman–Crippen MR) is 118 cm³/mol. The van der Waals surface area contributed by atoms with Crippen molar-refractivity contribution in [2.45, 2.75) is 12.8 Å². The Bertz CT molecular complexity index is 1460. The number of ether oxygens (including phenoxy) is 1. The van der Waals surface area contributed by atoms with Crippen molar-refractivity contribution in [1.82, 2.24) is 0 Å². The van der Waals surface area contributed by atoms with Gasteiger partial charge in [-0.15, -0.1) is 0 Å². The molecule has 0 amide bonds. The summed E-state index contributed by atoms with van der Waals surface area (Å²) in [7, 11) is 0. The number of rotatable bonds is 2. The summed E-state index contributed by atoms with van der Waals surface area (Å²) in [6.45, 7) is 2.06. The fraction of sp³-hybridized carbons (Fsp3) is 0.0769. The van der Waals surface area contributed by atoms with Gasteiger partial charge in [0.2, 0.25) is 5.88 Å². The molecule has 3 aromatic carbocycles. The van der Waals surface area contributed by atoms with Gasteiger partial charge in [0, 0.05) is 0 Å². The molecule has 1 aliphatic heterocycles. The summed E-state index contributed by atoms with van der Waals surface area (Å²) in [4.78, 5) is 12.9. The molecule has 0 bridgehead atoms. The van der Waals surface area contributed by atoms with Gasteiger partial charge in [-0.2, -0.15) is 5.26 Å². The first-order chi connectivity index (χ1) is 15.1. The summed E-state index contributed by atoms with van der Waals surface area (Å²) in [5, 5.41) is 10.4. The molecule has 0 spiro atoms. The lowest BCUT2D eigenvalue weighted by molar-refractivity contribution is 0.388. The lowest BCUT2D eigenvalue weighted by Crippen LogP contribution is -2.26. The average Bonchev–Trinajstić information content (AvgIpc) is 2.79. The Morgan fingerprint density at radius 1 is 0.968 bits per heavy atom. The molecule has 5 nitrogen and oxygen atoms in total. The van der Waals surface area contributed by atoms with E-state index in [1.54, 1.807) is 18.2 Å². The van der Waals surface area contributed by atoms with Crippen LogP contribution in [0.3, 0.4) is 0 Å². The number of hydrogen-bond acceptors (Lipinski definition) is 5. The zero-order chi connectivity index (χ0) is 21.5. The molecule has 0 radical (unpaired) electrons. The molecular weight excluding hydrogens is 388 g/mol. The van der Waals surface area contributed by atoms with E-state index in [2.05, 4.69) is 25.1 Å². The van der Waals surface area contributed by atoms with E-state index >= 15 is 0 Å². The van der Waals surface area contributed by atoms with Gasteiger partial charge in [0.1, 0.15) is 17.2 Å². The van der Waals surface area contributed by atoms with Gasteiger partial charge in [0.05, 0.1) is 16.9 Å². The minimum Gasteiger partial charge on any atom is -0.439 e. The van der Waals surface area contributed by atoms with E-state index in [1.165, 1.54) is 5.56 Å². The van der Waals surface area contributed by atoms with E-state index < -0.39 is 11.5 Å². The van der Waals surface area contributed by atoms with Crippen molar-refractivity contribution in [3.8, 4) is 22.9 Å². The second-order valence-electron chi connectivity index (χ2n) is 7.49. The molecule has 1 aliphatic rings. The highest BCUT2D eigenvalue weighted by molar-refractivity contribution is 5.86. The van der Waals surface area contributed by atoms with Crippen LogP contribution in [-0.2, 0) is 0 Å². The summed E-state index contributed by atoms with van der Waals surface area (Å²) in [5.41, 5.74) is 10.6. The van der Waals surface area contributed by atoms with E-state index in [-0.39, 0.29) is 17.0 Å². The van der Waals surface area contributed by atoms with Gasteiger partial charge in [-0.3, -0.25) is 0 Å². The quantitative estimate of drug-likeness (QED) is 0.474. The van der Waals surface area contributed by atoms with Crippen molar-refractivity contribution in [1.29, 1.82) is 5.26 Å². The van der Waals surface area contributed by atoms with Crippen molar-refractivity contribution >= 4 is 11.0 Å².